The highest BCUT2D eigenvalue weighted by Gasteiger charge is 2.17. The fourth-order valence-corrected chi connectivity index (χ4v) is 3.19. The Labute approximate surface area is 122 Å². The van der Waals surface area contributed by atoms with Crippen LogP contribution in [0.5, 0.6) is 5.75 Å². The number of benzene rings is 1. The number of hydrogen-bond donors (Lipinski definition) is 0. The number of unbranched alkanes of at least 4 members (excludes halogenated alkanes) is 1. The van der Waals surface area contributed by atoms with Gasteiger partial charge in [-0.2, -0.15) is 0 Å². The van der Waals surface area contributed by atoms with Crippen molar-refractivity contribution in [2.75, 3.05) is 6.61 Å². The van der Waals surface area contributed by atoms with Gasteiger partial charge < -0.3 is 4.74 Å². The monoisotopic (exact) mass is 274 g/mol. The summed E-state index contributed by atoms with van der Waals surface area (Å²) in [5.74, 6) is 2.74. The number of rotatable bonds is 7. The highest BCUT2D eigenvalue weighted by molar-refractivity contribution is 5.74. The SMILES string of the molecule is CC1CCCC(CCCCOc2ccc(C=O)cc2)C1. The zero-order chi connectivity index (χ0) is 14.2. The van der Waals surface area contributed by atoms with Gasteiger partial charge in [0.15, 0.2) is 0 Å². The van der Waals surface area contributed by atoms with Gasteiger partial charge in [-0.1, -0.05) is 32.6 Å². The minimum Gasteiger partial charge on any atom is -0.494 e. The van der Waals surface area contributed by atoms with Crippen LogP contribution in [0.15, 0.2) is 24.3 Å². The molecule has 1 aliphatic carbocycles. The van der Waals surface area contributed by atoms with Gasteiger partial charge in [0.25, 0.3) is 0 Å². The molecule has 1 aliphatic rings. The van der Waals surface area contributed by atoms with E-state index in [0.29, 0.717) is 5.56 Å². The molecular formula is C18H26O2. The topological polar surface area (TPSA) is 26.3 Å². The van der Waals surface area contributed by atoms with E-state index in [1.807, 2.05) is 12.1 Å². The van der Waals surface area contributed by atoms with Crippen molar-refractivity contribution in [2.24, 2.45) is 11.8 Å². The van der Waals surface area contributed by atoms with Crippen LogP contribution in [0.25, 0.3) is 0 Å². The lowest BCUT2D eigenvalue weighted by Gasteiger charge is -2.26. The molecule has 2 unspecified atom stereocenters. The van der Waals surface area contributed by atoms with Gasteiger partial charge >= 0.3 is 0 Å². The molecule has 1 saturated carbocycles. The molecule has 0 heterocycles. The predicted octanol–water partition coefficient (Wildman–Crippen LogP) is 4.87. The summed E-state index contributed by atoms with van der Waals surface area (Å²) in [5, 5.41) is 0. The van der Waals surface area contributed by atoms with E-state index in [1.54, 1.807) is 12.1 Å². The molecule has 2 rings (SSSR count). The van der Waals surface area contributed by atoms with Crippen molar-refractivity contribution in [2.45, 2.75) is 51.9 Å². The van der Waals surface area contributed by atoms with Crippen molar-refractivity contribution in [1.29, 1.82) is 0 Å². The molecule has 0 bridgehead atoms. The Morgan fingerprint density at radius 3 is 2.70 bits per heavy atom. The lowest BCUT2D eigenvalue weighted by molar-refractivity contribution is 0.112. The van der Waals surface area contributed by atoms with E-state index in [-0.39, 0.29) is 0 Å². The Kier molecular flexibility index (Phi) is 6.10. The minimum atomic E-state index is 0.698. The van der Waals surface area contributed by atoms with Crippen molar-refractivity contribution in [1.82, 2.24) is 0 Å². The van der Waals surface area contributed by atoms with Crippen molar-refractivity contribution in [3.8, 4) is 5.75 Å². The van der Waals surface area contributed by atoms with Crippen LogP contribution in [0.4, 0.5) is 0 Å². The molecule has 2 atom stereocenters. The molecule has 0 saturated heterocycles. The largest absolute Gasteiger partial charge is 0.494 e. The number of ether oxygens (including phenoxy) is 1. The van der Waals surface area contributed by atoms with Gasteiger partial charge in [0.05, 0.1) is 6.61 Å². The molecule has 0 aliphatic heterocycles. The van der Waals surface area contributed by atoms with Crippen molar-refractivity contribution < 1.29 is 9.53 Å². The van der Waals surface area contributed by atoms with Crippen LogP contribution in [0.3, 0.4) is 0 Å². The number of aldehydes is 1. The fraction of sp³-hybridized carbons (Fsp3) is 0.611. The Hall–Kier alpha value is -1.31. The maximum atomic E-state index is 10.5. The lowest BCUT2D eigenvalue weighted by atomic mass is 9.80. The maximum Gasteiger partial charge on any atom is 0.150 e. The molecule has 2 heteroatoms. The average molecular weight is 274 g/mol. The summed E-state index contributed by atoms with van der Waals surface area (Å²) in [6.45, 7) is 3.17. The molecule has 0 radical (unpaired) electrons. The van der Waals surface area contributed by atoms with E-state index in [1.165, 1.54) is 38.5 Å². The molecule has 20 heavy (non-hydrogen) atoms. The number of hydrogen-bond acceptors (Lipinski definition) is 2. The third kappa shape index (κ3) is 4.99. The third-order valence-electron chi connectivity index (χ3n) is 4.34. The van der Waals surface area contributed by atoms with E-state index < -0.39 is 0 Å². The molecule has 1 aromatic carbocycles. The van der Waals surface area contributed by atoms with Crippen molar-refractivity contribution in [3.05, 3.63) is 29.8 Å². The normalized spacial score (nSPS) is 22.4. The molecular weight excluding hydrogens is 248 g/mol. The molecule has 0 spiro atoms. The minimum absolute atomic E-state index is 0.698. The van der Waals surface area contributed by atoms with Crippen LogP contribution in [0.2, 0.25) is 0 Å². The number of carbonyl (C=O) groups excluding carboxylic acids is 1. The summed E-state index contributed by atoms with van der Waals surface area (Å²) < 4.78 is 5.70. The molecule has 0 N–H and O–H groups in total. The van der Waals surface area contributed by atoms with Gasteiger partial charge in [0.2, 0.25) is 0 Å². The quantitative estimate of drug-likeness (QED) is 0.523. The first-order valence-corrected chi connectivity index (χ1v) is 7.96. The Bertz CT molecular complexity index is 396. The summed E-state index contributed by atoms with van der Waals surface area (Å²) in [6, 6.07) is 7.33. The van der Waals surface area contributed by atoms with Gasteiger partial charge in [-0.05, 0) is 55.4 Å². The average Bonchev–Trinajstić information content (AvgIpc) is 2.48. The van der Waals surface area contributed by atoms with Crippen LogP contribution in [0.1, 0.15) is 62.2 Å². The highest BCUT2D eigenvalue weighted by Crippen LogP contribution is 2.31. The molecule has 0 aromatic heterocycles. The van der Waals surface area contributed by atoms with Gasteiger partial charge in [0, 0.05) is 5.56 Å². The van der Waals surface area contributed by atoms with Crippen LogP contribution in [-0.4, -0.2) is 12.9 Å². The van der Waals surface area contributed by atoms with Crippen LogP contribution in [-0.2, 0) is 0 Å². The van der Waals surface area contributed by atoms with Crippen molar-refractivity contribution >= 4 is 6.29 Å². The van der Waals surface area contributed by atoms with E-state index in [9.17, 15) is 4.79 Å². The second-order valence-corrected chi connectivity index (χ2v) is 6.17. The van der Waals surface area contributed by atoms with Gasteiger partial charge in [0.1, 0.15) is 12.0 Å². The first kappa shape index (κ1) is 15.1. The van der Waals surface area contributed by atoms with Crippen LogP contribution < -0.4 is 4.74 Å². The second kappa shape index (κ2) is 8.08. The van der Waals surface area contributed by atoms with E-state index in [0.717, 1.165) is 36.9 Å². The first-order chi connectivity index (χ1) is 9.78. The van der Waals surface area contributed by atoms with Gasteiger partial charge in [-0.25, -0.2) is 0 Å². The van der Waals surface area contributed by atoms with Crippen molar-refractivity contribution in [3.63, 3.8) is 0 Å². The van der Waals surface area contributed by atoms with E-state index in [4.69, 9.17) is 4.74 Å². The van der Waals surface area contributed by atoms with Crippen LogP contribution >= 0.6 is 0 Å². The summed E-state index contributed by atoms with van der Waals surface area (Å²) in [6.07, 6.45) is 10.3. The third-order valence-corrected chi connectivity index (χ3v) is 4.34. The lowest BCUT2D eigenvalue weighted by Crippen LogP contribution is -2.13. The summed E-state index contributed by atoms with van der Waals surface area (Å²) >= 11 is 0. The molecule has 1 fully saturated rings. The fourth-order valence-electron chi connectivity index (χ4n) is 3.19. The Morgan fingerprint density at radius 2 is 2.00 bits per heavy atom. The molecule has 0 amide bonds. The summed E-state index contributed by atoms with van der Waals surface area (Å²) in [7, 11) is 0. The van der Waals surface area contributed by atoms with Gasteiger partial charge in [-0.3, -0.25) is 4.79 Å². The summed E-state index contributed by atoms with van der Waals surface area (Å²) in [4.78, 5) is 10.5. The summed E-state index contributed by atoms with van der Waals surface area (Å²) in [5.41, 5.74) is 0.698. The van der Waals surface area contributed by atoms with Gasteiger partial charge in [-0.15, -0.1) is 0 Å². The smallest absolute Gasteiger partial charge is 0.150 e. The van der Waals surface area contributed by atoms with E-state index >= 15 is 0 Å². The Morgan fingerprint density at radius 1 is 1.20 bits per heavy atom. The highest BCUT2D eigenvalue weighted by atomic mass is 16.5. The number of carbonyl (C=O) groups is 1. The van der Waals surface area contributed by atoms with Crippen LogP contribution in [0, 0.1) is 11.8 Å². The second-order valence-electron chi connectivity index (χ2n) is 6.17. The zero-order valence-electron chi connectivity index (χ0n) is 12.5. The predicted molar refractivity (Wildman–Crippen MR) is 82.3 cm³/mol. The zero-order valence-corrected chi connectivity index (χ0v) is 12.5. The standard InChI is InChI=1S/C18H26O2/c1-15-5-4-7-16(13-15)6-2-3-12-20-18-10-8-17(14-19)9-11-18/h8-11,14-16H,2-7,12-13H2,1H3. The first-order valence-electron chi connectivity index (χ1n) is 7.96. The molecule has 2 nitrogen and oxygen atoms in total. The van der Waals surface area contributed by atoms with E-state index in [2.05, 4.69) is 6.92 Å². The maximum absolute atomic E-state index is 10.5. The Balaban J connectivity index is 1.57. The molecule has 1 aromatic rings. The molecule has 110 valence electrons.